The van der Waals surface area contributed by atoms with Gasteiger partial charge in [0.25, 0.3) is 5.91 Å². The van der Waals surface area contributed by atoms with E-state index in [-0.39, 0.29) is 18.2 Å². The van der Waals surface area contributed by atoms with Gasteiger partial charge in [-0.3, -0.25) is 4.79 Å². The highest BCUT2D eigenvalue weighted by molar-refractivity contribution is 7.88. The number of anilines is 1. The molecule has 1 aromatic carbocycles. The molecule has 0 bridgehead atoms. The number of carbonyl (C=O) groups is 1. The van der Waals surface area contributed by atoms with Crippen LogP contribution in [0.15, 0.2) is 41.4 Å². The minimum absolute atomic E-state index is 0.140. The predicted molar refractivity (Wildman–Crippen MR) is 91.2 cm³/mol. The molecule has 8 heteroatoms. The number of aromatic nitrogens is 1. The Morgan fingerprint density at radius 1 is 1.29 bits per heavy atom. The molecule has 0 unspecified atom stereocenters. The zero-order valence-corrected chi connectivity index (χ0v) is 14.3. The van der Waals surface area contributed by atoms with E-state index in [1.807, 2.05) is 0 Å². The first-order valence-corrected chi connectivity index (χ1v) is 8.89. The molecular formula is C16H19N3O4S. The van der Waals surface area contributed by atoms with Crippen LogP contribution in [0.4, 0.5) is 5.69 Å². The molecule has 0 aliphatic carbocycles. The van der Waals surface area contributed by atoms with E-state index in [1.54, 1.807) is 38.1 Å². The molecular weight excluding hydrogens is 330 g/mol. The summed E-state index contributed by atoms with van der Waals surface area (Å²) in [5, 5.41) is 6.47. The van der Waals surface area contributed by atoms with Crippen LogP contribution in [0.1, 0.15) is 27.4 Å². The summed E-state index contributed by atoms with van der Waals surface area (Å²) in [4.78, 5) is 12.2. The normalized spacial score (nSPS) is 11.2. The van der Waals surface area contributed by atoms with Gasteiger partial charge in [0.1, 0.15) is 11.3 Å². The molecule has 1 amide bonds. The molecule has 0 radical (unpaired) electrons. The molecule has 1 aromatic heterocycles. The summed E-state index contributed by atoms with van der Waals surface area (Å²) >= 11 is 0. The second-order valence-corrected chi connectivity index (χ2v) is 7.05. The minimum Gasteiger partial charge on any atom is -0.361 e. The number of nitrogens with zero attached hydrogens (tertiary/aromatic N) is 1. The third-order valence-electron chi connectivity index (χ3n) is 3.28. The molecule has 2 N–H and O–H groups in total. The van der Waals surface area contributed by atoms with Crippen molar-refractivity contribution in [3.63, 3.8) is 0 Å². The van der Waals surface area contributed by atoms with Crippen LogP contribution in [-0.4, -0.2) is 26.0 Å². The van der Waals surface area contributed by atoms with Gasteiger partial charge in [0.2, 0.25) is 10.0 Å². The summed E-state index contributed by atoms with van der Waals surface area (Å²) in [7, 11) is -3.41. The average molecular weight is 349 g/mol. The molecule has 0 spiro atoms. The number of amides is 1. The van der Waals surface area contributed by atoms with Gasteiger partial charge in [0.15, 0.2) is 0 Å². The number of carbonyl (C=O) groups excluding carboxylic acids is 1. The van der Waals surface area contributed by atoms with E-state index < -0.39 is 10.0 Å². The molecule has 2 aromatic rings. The third-order valence-corrected chi connectivity index (χ3v) is 4.60. The SMILES string of the molecule is C=CCNS(=O)(=O)Cc1ccc(NC(=O)c2c(C)noc2C)cc1. The van der Waals surface area contributed by atoms with E-state index in [0.717, 1.165) is 0 Å². The maximum atomic E-state index is 12.2. The Balaban J connectivity index is 2.05. The van der Waals surface area contributed by atoms with Crippen molar-refractivity contribution in [2.45, 2.75) is 19.6 Å². The molecule has 0 atom stereocenters. The molecule has 24 heavy (non-hydrogen) atoms. The smallest absolute Gasteiger partial charge is 0.261 e. The van der Waals surface area contributed by atoms with Crippen LogP contribution in [0.3, 0.4) is 0 Å². The number of aryl methyl sites for hydroxylation is 2. The van der Waals surface area contributed by atoms with Crippen LogP contribution >= 0.6 is 0 Å². The van der Waals surface area contributed by atoms with E-state index in [1.165, 1.54) is 6.08 Å². The number of sulfonamides is 1. The Hall–Kier alpha value is -2.45. The van der Waals surface area contributed by atoms with Crippen molar-refractivity contribution < 1.29 is 17.7 Å². The predicted octanol–water partition coefficient (Wildman–Crippen LogP) is 2.15. The maximum absolute atomic E-state index is 12.2. The van der Waals surface area contributed by atoms with Crippen molar-refractivity contribution >= 4 is 21.6 Å². The van der Waals surface area contributed by atoms with Crippen LogP contribution < -0.4 is 10.0 Å². The number of rotatable bonds is 7. The van der Waals surface area contributed by atoms with Crippen molar-refractivity contribution in [3.05, 3.63) is 59.5 Å². The van der Waals surface area contributed by atoms with Crippen LogP contribution in [0, 0.1) is 13.8 Å². The van der Waals surface area contributed by atoms with Crippen LogP contribution in [0.5, 0.6) is 0 Å². The van der Waals surface area contributed by atoms with Crippen molar-refractivity contribution in [1.29, 1.82) is 0 Å². The number of hydrogen-bond acceptors (Lipinski definition) is 5. The van der Waals surface area contributed by atoms with Crippen molar-refractivity contribution in [2.24, 2.45) is 0 Å². The second-order valence-electron chi connectivity index (χ2n) is 5.25. The fourth-order valence-corrected chi connectivity index (χ4v) is 3.25. The number of hydrogen-bond donors (Lipinski definition) is 2. The fraction of sp³-hybridized carbons (Fsp3) is 0.250. The van der Waals surface area contributed by atoms with E-state index in [0.29, 0.717) is 28.3 Å². The second kappa shape index (κ2) is 7.41. The summed E-state index contributed by atoms with van der Waals surface area (Å²) in [6.45, 7) is 7.01. The first-order chi connectivity index (χ1) is 11.3. The Labute approximate surface area is 140 Å². The molecule has 0 saturated carbocycles. The molecule has 7 nitrogen and oxygen atoms in total. The fourth-order valence-electron chi connectivity index (χ4n) is 2.14. The van der Waals surface area contributed by atoms with Gasteiger partial charge in [-0.2, -0.15) is 0 Å². The van der Waals surface area contributed by atoms with E-state index in [2.05, 4.69) is 21.8 Å². The van der Waals surface area contributed by atoms with E-state index in [4.69, 9.17) is 4.52 Å². The van der Waals surface area contributed by atoms with Gasteiger partial charge in [-0.25, -0.2) is 13.1 Å². The lowest BCUT2D eigenvalue weighted by atomic mass is 10.2. The van der Waals surface area contributed by atoms with Gasteiger partial charge >= 0.3 is 0 Å². The van der Waals surface area contributed by atoms with Gasteiger partial charge in [-0.05, 0) is 31.5 Å². The summed E-state index contributed by atoms with van der Waals surface area (Å²) in [6, 6.07) is 6.59. The highest BCUT2D eigenvalue weighted by Crippen LogP contribution is 2.16. The Morgan fingerprint density at radius 3 is 2.50 bits per heavy atom. The topological polar surface area (TPSA) is 101 Å². The van der Waals surface area contributed by atoms with E-state index >= 15 is 0 Å². The monoisotopic (exact) mass is 349 g/mol. The van der Waals surface area contributed by atoms with Gasteiger partial charge in [-0.1, -0.05) is 23.4 Å². The molecule has 0 fully saturated rings. The summed E-state index contributed by atoms with van der Waals surface area (Å²) in [5.74, 6) is -0.0147. The minimum atomic E-state index is -3.41. The standard InChI is InChI=1S/C16H19N3O4S/c1-4-9-17-24(21,22)10-13-5-7-14(8-6-13)18-16(20)15-11(2)19-23-12(15)3/h4-8,17H,1,9-10H2,2-3H3,(H,18,20). The quantitative estimate of drug-likeness (QED) is 0.746. The molecule has 0 saturated heterocycles. The van der Waals surface area contributed by atoms with Gasteiger partial charge < -0.3 is 9.84 Å². The van der Waals surface area contributed by atoms with Gasteiger partial charge in [0, 0.05) is 12.2 Å². The Bertz CT molecular complexity index is 819. The highest BCUT2D eigenvalue weighted by Gasteiger charge is 2.17. The first-order valence-electron chi connectivity index (χ1n) is 7.24. The molecule has 1 heterocycles. The van der Waals surface area contributed by atoms with Crippen LogP contribution in [0.25, 0.3) is 0 Å². The Morgan fingerprint density at radius 2 is 1.96 bits per heavy atom. The Kier molecular flexibility index (Phi) is 5.53. The average Bonchev–Trinajstić information content (AvgIpc) is 2.86. The van der Waals surface area contributed by atoms with Gasteiger partial charge in [-0.15, -0.1) is 6.58 Å². The maximum Gasteiger partial charge on any atom is 0.261 e. The zero-order valence-electron chi connectivity index (χ0n) is 13.5. The number of nitrogens with one attached hydrogen (secondary N) is 2. The van der Waals surface area contributed by atoms with Crippen LogP contribution in [0.2, 0.25) is 0 Å². The largest absolute Gasteiger partial charge is 0.361 e. The molecule has 2 rings (SSSR count). The van der Waals surface area contributed by atoms with E-state index in [9.17, 15) is 13.2 Å². The lowest BCUT2D eigenvalue weighted by Crippen LogP contribution is -2.25. The summed E-state index contributed by atoms with van der Waals surface area (Å²) in [5.41, 5.74) is 2.08. The van der Waals surface area contributed by atoms with Crippen LogP contribution in [-0.2, 0) is 15.8 Å². The zero-order chi connectivity index (χ0) is 17.7. The molecule has 0 aliphatic heterocycles. The highest BCUT2D eigenvalue weighted by atomic mass is 32.2. The molecule has 0 aliphatic rings. The lowest BCUT2D eigenvalue weighted by Gasteiger charge is -2.07. The van der Waals surface area contributed by atoms with Crippen molar-refractivity contribution in [3.8, 4) is 0 Å². The lowest BCUT2D eigenvalue weighted by molar-refractivity contribution is 0.102. The first kappa shape index (κ1) is 17.9. The van der Waals surface area contributed by atoms with Crippen molar-refractivity contribution in [2.75, 3.05) is 11.9 Å². The van der Waals surface area contributed by atoms with Crippen molar-refractivity contribution in [1.82, 2.24) is 9.88 Å². The summed E-state index contributed by atoms with van der Waals surface area (Å²) < 4.78 is 31.0. The summed E-state index contributed by atoms with van der Waals surface area (Å²) in [6.07, 6.45) is 1.48. The third kappa shape index (κ3) is 4.53. The van der Waals surface area contributed by atoms with Gasteiger partial charge in [0.05, 0.1) is 11.4 Å². The molecule has 128 valence electrons. The number of benzene rings is 1.